The maximum Gasteiger partial charge on any atom is 0.283 e. The zero-order valence-corrected chi connectivity index (χ0v) is 13.4. The zero-order chi connectivity index (χ0) is 15.4. The molecule has 0 aromatic heterocycles. The molecule has 1 N–H and O–H groups in total. The number of ether oxygens (including phenoxy) is 1. The van der Waals surface area contributed by atoms with Gasteiger partial charge in [0.15, 0.2) is 0 Å². The second-order valence-corrected chi connectivity index (χ2v) is 5.41. The number of anilines is 1. The van der Waals surface area contributed by atoms with E-state index in [-0.39, 0.29) is 5.69 Å². The van der Waals surface area contributed by atoms with Gasteiger partial charge < -0.3 is 10.1 Å². The molecule has 2 rings (SSSR count). The van der Waals surface area contributed by atoms with E-state index in [1.165, 1.54) is 6.07 Å². The molecule has 110 valence electrons. The predicted octanol–water partition coefficient (Wildman–Crippen LogP) is 4.63. The second-order valence-electron chi connectivity index (χ2n) is 4.21. The Bertz CT molecular complexity index is 679. The van der Waals surface area contributed by atoms with E-state index in [0.717, 1.165) is 5.56 Å². The van der Waals surface area contributed by atoms with E-state index < -0.39 is 4.92 Å². The van der Waals surface area contributed by atoms with Crippen LogP contribution < -0.4 is 10.1 Å². The summed E-state index contributed by atoms with van der Waals surface area (Å²) in [5.41, 5.74) is 1.50. The van der Waals surface area contributed by atoms with Gasteiger partial charge in [-0.2, -0.15) is 0 Å². The van der Waals surface area contributed by atoms with Crippen molar-refractivity contribution in [1.29, 1.82) is 0 Å². The molecule has 0 aliphatic heterocycles. The number of methoxy groups -OCH3 is 1. The molecule has 0 heterocycles. The first-order valence-electron chi connectivity index (χ1n) is 6.02. The second kappa shape index (κ2) is 6.78. The van der Waals surface area contributed by atoms with Crippen LogP contribution in [0.2, 0.25) is 5.02 Å². The number of nitrogens with one attached hydrogen (secondary N) is 1. The summed E-state index contributed by atoms with van der Waals surface area (Å²) in [6, 6.07) is 10.2. The van der Waals surface area contributed by atoms with Gasteiger partial charge in [-0.15, -0.1) is 0 Å². The highest BCUT2D eigenvalue weighted by Crippen LogP contribution is 2.31. The summed E-state index contributed by atoms with van der Waals surface area (Å²) in [6.45, 7) is 0.398. The van der Waals surface area contributed by atoms with E-state index in [1.807, 2.05) is 0 Å². The Morgan fingerprint density at radius 1 is 1.38 bits per heavy atom. The number of nitro benzene ring substituents is 1. The summed E-state index contributed by atoms with van der Waals surface area (Å²) < 4.78 is 5.60. The number of rotatable bonds is 5. The van der Waals surface area contributed by atoms with Crippen LogP contribution >= 0.6 is 27.5 Å². The molecule has 0 saturated carbocycles. The van der Waals surface area contributed by atoms with E-state index in [4.69, 9.17) is 16.3 Å². The standard InChI is InChI=1S/C14H12BrClN2O3/c1-21-10-5-6-11(16)12(7-10)17-8-9-3-2-4-13(14(9)15)18(19)20/h2-7,17H,8H2,1H3. The normalized spacial score (nSPS) is 10.2. The van der Waals surface area contributed by atoms with E-state index >= 15 is 0 Å². The molecule has 0 aliphatic rings. The summed E-state index contributed by atoms with van der Waals surface area (Å²) >= 11 is 9.37. The van der Waals surface area contributed by atoms with Crippen molar-refractivity contribution in [3.05, 3.63) is 61.6 Å². The van der Waals surface area contributed by atoms with Gasteiger partial charge in [0.25, 0.3) is 5.69 Å². The number of halogens is 2. The third-order valence-electron chi connectivity index (χ3n) is 2.90. The highest BCUT2D eigenvalue weighted by Gasteiger charge is 2.14. The van der Waals surface area contributed by atoms with Gasteiger partial charge >= 0.3 is 0 Å². The van der Waals surface area contributed by atoms with E-state index in [0.29, 0.717) is 27.5 Å². The Morgan fingerprint density at radius 3 is 2.81 bits per heavy atom. The zero-order valence-electron chi connectivity index (χ0n) is 11.1. The van der Waals surface area contributed by atoms with Gasteiger partial charge in [-0.1, -0.05) is 23.7 Å². The molecule has 0 atom stereocenters. The van der Waals surface area contributed by atoms with E-state index in [1.54, 1.807) is 37.4 Å². The minimum Gasteiger partial charge on any atom is -0.497 e. The molecule has 2 aromatic rings. The van der Waals surface area contributed by atoms with Crippen molar-refractivity contribution in [2.75, 3.05) is 12.4 Å². The van der Waals surface area contributed by atoms with Crippen LogP contribution in [-0.2, 0) is 6.54 Å². The number of nitrogens with zero attached hydrogens (tertiary/aromatic N) is 1. The fourth-order valence-corrected chi connectivity index (χ4v) is 2.53. The van der Waals surface area contributed by atoms with Crippen molar-refractivity contribution in [3.63, 3.8) is 0 Å². The number of hydrogen-bond acceptors (Lipinski definition) is 4. The highest BCUT2D eigenvalue weighted by atomic mass is 79.9. The van der Waals surface area contributed by atoms with Gasteiger partial charge in [0.2, 0.25) is 0 Å². The highest BCUT2D eigenvalue weighted by molar-refractivity contribution is 9.10. The molecule has 0 radical (unpaired) electrons. The smallest absolute Gasteiger partial charge is 0.283 e. The summed E-state index contributed by atoms with van der Waals surface area (Å²) in [7, 11) is 1.57. The van der Waals surface area contributed by atoms with Crippen LogP contribution in [0.25, 0.3) is 0 Å². The largest absolute Gasteiger partial charge is 0.497 e. The lowest BCUT2D eigenvalue weighted by Gasteiger charge is -2.11. The van der Waals surface area contributed by atoms with Gasteiger partial charge in [0, 0.05) is 18.7 Å². The molecule has 0 bridgehead atoms. The predicted molar refractivity (Wildman–Crippen MR) is 86.1 cm³/mol. The minimum absolute atomic E-state index is 0.0334. The average molecular weight is 372 g/mol. The maximum absolute atomic E-state index is 10.9. The summed E-state index contributed by atoms with van der Waals surface area (Å²) in [6.07, 6.45) is 0. The van der Waals surface area contributed by atoms with Crippen LogP contribution in [0, 0.1) is 10.1 Å². The monoisotopic (exact) mass is 370 g/mol. The Kier molecular flexibility index (Phi) is 5.03. The lowest BCUT2D eigenvalue weighted by molar-refractivity contribution is -0.385. The first-order valence-corrected chi connectivity index (χ1v) is 7.19. The molecule has 0 spiro atoms. The molecule has 0 unspecified atom stereocenters. The molecule has 7 heteroatoms. The lowest BCUT2D eigenvalue weighted by atomic mass is 10.2. The topological polar surface area (TPSA) is 64.4 Å². The quantitative estimate of drug-likeness (QED) is 0.614. The first kappa shape index (κ1) is 15.6. The van der Waals surface area contributed by atoms with Crippen molar-refractivity contribution in [2.24, 2.45) is 0 Å². The van der Waals surface area contributed by atoms with Gasteiger partial charge in [-0.25, -0.2) is 0 Å². The number of hydrogen-bond donors (Lipinski definition) is 1. The molecule has 21 heavy (non-hydrogen) atoms. The van der Waals surface area contributed by atoms with Crippen molar-refractivity contribution in [2.45, 2.75) is 6.54 Å². The molecule has 0 saturated heterocycles. The fraction of sp³-hybridized carbons (Fsp3) is 0.143. The van der Waals surface area contributed by atoms with E-state index in [9.17, 15) is 10.1 Å². The fourth-order valence-electron chi connectivity index (χ4n) is 1.80. The lowest BCUT2D eigenvalue weighted by Crippen LogP contribution is -2.02. The van der Waals surface area contributed by atoms with Crippen LogP contribution in [0.5, 0.6) is 5.75 Å². The van der Waals surface area contributed by atoms with Gasteiger partial charge in [-0.3, -0.25) is 10.1 Å². The van der Waals surface area contributed by atoms with Crippen LogP contribution in [0.15, 0.2) is 40.9 Å². The Hall–Kier alpha value is -1.79. The van der Waals surface area contributed by atoms with Crippen LogP contribution in [0.4, 0.5) is 11.4 Å². The Labute approximate surface area is 135 Å². The maximum atomic E-state index is 10.9. The third kappa shape index (κ3) is 3.65. The van der Waals surface area contributed by atoms with Gasteiger partial charge in [-0.05, 0) is 33.6 Å². The van der Waals surface area contributed by atoms with Crippen molar-refractivity contribution in [3.8, 4) is 5.75 Å². The van der Waals surface area contributed by atoms with Gasteiger partial charge in [0.05, 0.1) is 22.7 Å². The minimum atomic E-state index is -0.424. The molecule has 5 nitrogen and oxygen atoms in total. The van der Waals surface area contributed by atoms with Crippen LogP contribution in [-0.4, -0.2) is 12.0 Å². The van der Waals surface area contributed by atoms with Crippen molar-refractivity contribution >= 4 is 38.9 Å². The van der Waals surface area contributed by atoms with Crippen LogP contribution in [0.1, 0.15) is 5.56 Å². The molecular weight excluding hydrogens is 360 g/mol. The van der Waals surface area contributed by atoms with Gasteiger partial charge in [0.1, 0.15) is 10.2 Å². The molecule has 0 aliphatic carbocycles. The third-order valence-corrected chi connectivity index (χ3v) is 4.14. The molecule has 2 aromatic carbocycles. The summed E-state index contributed by atoms with van der Waals surface area (Å²) in [5.74, 6) is 0.681. The Balaban J connectivity index is 2.21. The molecular formula is C14H12BrClN2O3. The average Bonchev–Trinajstić information content (AvgIpc) is 2.47. The van der Waals surface area contributed by atoms with Crippen molar-refractivity contribution < 1.29 is 9.66 Å². The summed E-state index contributed by atoms with van der Waals surface area (Å²) in [5, 5.41) is 14.6. The first-order chi connectivity index (χ1) is 10.0. The number of benzene rings is 2. The summed E-state index contributed by atoms with van der Waals surface area (Å²) in [4.78, 5) is 10.5. The number of nitro groups is 1. The van der Waals surface area contributed by atoms with E-state index in [2.05, 4.69) is 21.2 Å². The molecule has 0 fully saturated rings. The Morgan fingerprint density at radius 2 is 2.14 bits per heavy atom. The SMILES string of the molecule is COc1ccc(Cl)c(NCc2cccc([N+](=O)[O-])c2Br)c1. The van der Waals surface area contributed by atoms with Crippen molar-refractivity contribution in [1.82, 2.24) is 0 Å². The van der Waals surface area contributed by atoms with Crippen LogP contribution in [0.3, 0.4) is 0 Å². The molecule has 0 amide bonds.